The van der Waals surface area contributed by atoms with Crippen LogP contribution in [0.2, 0.25) is 0 Å². The van der Waals surface area contributed by atoms with E-state index in [-0.39, 0.29) is 35.1 Å². The third-order valence-electron chi connectivity index (χ3n) is 3.84. The first-order valence-corrected chi connectivity index (χ1v) is 9.07. The molecule has 29 heavy (non-hydrogen) atoms. The molecular formula is C17H24N8O4. The molecule has 0 saturated heterocycles. The largest absolute Gasteiger partial charge is 0.335 e. The average molecular weight is 404 g/mol. The summed E-state index contributed by atoms with van der Waals surface area (Å²) in [6.45, 7) is 3.70. The SMILES string of the molecule is C[C@H](CCC[C@@H](C)NC(=O)Nc1nccc(=O)[nH]1)NC(=O)Nc1nccc(=O)[nH]1. The van der Waals surface area contributed by atoms with Crippen molar-refractivity contribution < 1.29 is 9.59 Å². The highest BCUT2D eigenvalue weighted by Crippen LogP contribution is 2.05. The van der Waals surface area contributed by atoms with Crippen LogP contribution < -0.4 is 32.4 Å². The number of hydrogen-bond acceptors (Lipinski definition) is 6. The van der Waals surface area contributed by atoms with Crippen molar-refractivity contribution in [3.63, 3.8) is 0 Å². The minimum Gasteiger partial charge on any atom is -0.335 e. The van der Waals surface area contributed by atoms with Crippen molar-refractivity contribution in [3.05, 3.63) is 45.2 Å². The van der Waals surface area contributed by atoms with E-state index in [0.29, 0.717) is 12.8 Å². The molecule has 2 atom stereocenters. The molecule has 0 aromatic carbocycles. The van der Waals surface area contributed by atoms with Crippen molar-refractivity contribution >= 4 is 24.0 Å². The van der Waals surface area contributed by atoms with Gasteiger partial charge in [0.2, 0.25) is 11.9 Å². The molecular weight excluding hydrogens is 380 g/mol. The molecule has 0 fully saturated rings. The Morgan fingerprint density at radius 1 is 0.862 bits per heavy atom. The zero-order chi connectivity index (χ0) is 21.2. The van der Waals surface area contributed by atoms with Gasteiger partial charge in [-0.3, -0.25) is 30.2 Å². The fourth-order valence-electron chi connectivity index (χ4n) is 2.48. The van der Waals surface area contributed by atoms with Crippen molar-refractivity contribution in [2.45, 2.75) is 45.2 Å². The molecule has 12 nitrogen and oxygen atoms in total. The Morgan fingerprint density at radius 2 is 1.28 bits per heavy atom. The summed E-state index contributed by atoms with van der Waals surface area (Å²) < 4.78 is 0. The van der Waals surface area contributed by atoms with Crippen LogP contribution >= 0.6 is 0 Å². The molecule has 2 heterocycles. The highest BCUT2D eigenvalue weighted by Gasteiger charge is 2.11. The number of rotatable bonds is 8. The van der Waals surface area contributed by atoms with Gasteiger partial charge in [-0.15, -0.1) is 0 Å². The molecule has 0 saturated carbocycles. The van der Waals surface area contributed by atoms with Crippen molar-refractivity contribution in [2.24, 2.45) is 0 Å². The summed E-state index contributed by atoms with van der Waals surface area (Å²) in [4.78, 5) is 58.6. The molecule has 0 bridgehead atoms. The smallest absolute Gasteiger partial charge is 0.321 e. The number of amides is 4. The normalized spacial score (nSPS) is 12.5. The van der Waals surface area contributed by atoms with E-state index in [2.05, 4.69) is 41.2 Å². The number of aromatic nitrogens is 4. The van der Waals surface area contributed by atoms with Gasteiger partial charge in [0.15, 0.2) is 0 Å². The van der Waals surface area contributed by atoms with Crippen molar-refractivity contribution in [3.8, 4) is 0 Å². The number of H-pyrrole nitrogens is 2. The van der Waals surface area contributed by atoms with Gasteiger partial charge in [0.25, 0.3) is 11.1 Å². The first-order chi connectivity index (χ1) is 13.8. The van der Waals surface area contributed by atoms with Crippen LogP contribution in [0.3, 0.4) is 0 Å². The topological polar surface area (TPSA) is 174 Å². The van der Waals surface area contributed by atoms with Crippen LogP contribution in [-0.2, 0) is 0 Å². The van der Waals surface area contributed by atoms with E-state index >= 15 is 0 Å². The predicted octanol–water partition coefficient (Wildman–Crippen LogP) is 0.744. The summed E-state index contributed by atoms with van der Waals surface area (Å²) in [5, 5.41) is 10.4. The lowest BCUT2D eigenvalue weighted by molar-refractivity contribution is 0.247. The lowest BCUT2D eigenvalue weighted by atomic mass is 10.1. The van der Waals surface area contributed by atoms with E-state index in [1.54, 1.807) is 0 Å². The van der Waals surface area contributed by atoms with Crippen molar-refractivity contribution in [2.75, 3.05) is 10.6 Å². The maximum atomic E-state index is 11.9. The molecule has 2 aromatic rings. The molecule has 0 aliphatic rings. The number of nitrogens with one attached hydrogen (secondary N) is 6. The summed E-state index contributed by atoms with van der Waals surface area (Å²) >= 11 is 0. The Balaban J connectivity index is 1.65. The predicted molar refractivity (Wildman–Crippen MR) is 107 cm³/mol. The van der Waals surface area contributed by atoms with Gasteiger partial charge in [0.1, 0.15) is 0 Å². The first-order valence-electron chi connectivity index (χ1n) is 9.07. The van der Waals surface area contributed by atoms with Crippen molar-refractivity contribution in [1.29, 1.82) is 0 Å². The lowest BCUT2D eigenvalue weighted by Gasteiger charge is -2.17. The zero-order valence-corrected chi connectivity index (χ0v) is 16.1. The van der Waals surface area contributed by atoms with E-state index in [0.717, 1.165) is 6.42 Å². The summed E-state index contributed by atoms with van der Waals surface area (Å²) in [5.41, 5.74) is -0.716. The van der Waals surface area contributed by atoms with Crippen LogP contribution in [-0.4, -0.2) is 44.1 Å². The van der Waals surface area contributed by atoms with Crippen LogP contribution in [0.15, 0.2) is 34.1 Å². The molecule has 0 aliphatic carbocycles. The Kier molecular flexibility index (Phi) is 7.88. The fourth-order valence-corrected chi connectivity index (χ4v) is 2.48. The van der Waals surface area contributed by atoms with Gasteiger partial charge >= 0.3 is 12.1 Å². The number of carbonyl (C=O) groups excluding carboxylic acids is 2. The second kappa shape index (κ2) is 10.6. The number of aromatic amines is 2. The fraction of sp³-hybridized carbons (Fsp3) is 0.412. The summed E-state index contributed by atoms with van der Waals surface area (Å²) in [5.74, 6) is 0.139. The molecule has 6 N–H and O–H groups in total. The van der Waals surface area contributed by atoms with E-state index in [4.69, 9.17) is 0 Å². The third-order valence-corrected chi connectivity index (χ3v) is 3.84. The highest BCUT2D eigenvalue weighted by molar-refractivity contribution is 5.87. The number of anilines is 2. The van der Waals surface area contributed by atoms with E-state index < -0.39 is 12.1 Å². The molecule has 2 rings (SSSR count). The van der Waals surface area contributed by atoms with Crippen molar-refractivity contribution in [1.82, 2.24) is 30.6 Å². The van der Waals surface area contributed by atoms with Gasteiger partial charge in [-0.25, -0.2) is 19.6 Å². The standard InChI is InChI=1S/C17H24N8O4/c1-10(20-16(28)24-14-18-8-6-12(26)22-14)4-3-5-11(2)21-17(29)25-15-19-9-7-13(27)23-15/h6-11H,3-5H2,1-2H3,(H3,18,20,22,24,26,28)(H3,19,21,23,25,27,29)/t10-,11-/m1/s1. The van der Waals surface area contributed by atoms with Crippen LogP contribution in [0.4, 0.5) is 21.5 Å². The number of nitrogens with zero attached hydrogens (tertiary/aromatic N) is 2. The minimum absolute atomic E-state index is 0.0697. The Hall–Kier alpha value is -3.70. The molecule has 0 radical (unpaired) electrons. The Labute approximate surface area is 165 Å². The summed E-state index contributed by atoms with van der Waals surface area (Å²) in [6, 6.07) is 1.31. The first kappa shape index (κ1) is 21.6. The Bertz CT molecular complexity index is 866. The molecule has 0 spiro atoms. The number of hydrogen-bond donors (Lipinski definition) is 6. The van der Waals surface area contributed by atoms with Crippen LogP contribution in [0.1, 0.15) is 33.1 Å². The van der Waals surface area contributed by atoms with Crippen LogP contribution in [0, 0.1) is 0 Å². The van der Waals surface area contributed by atoms with E-state index in [9.17, 15) is 19.2 Å². The molecule has 12 heteroatoms. The molecule has 4 amide bonds. The number of urea groups is 2. The van der Waals surface area contributed by atoms with Crippen LogP contribution in [0.25, 0.3) is 0 Å². The molecule has 156 valence electrons. The third kappa shape index (κ3) is 8.24. The minimum atomic E-state index is -0.471. The van der Waals surface area contributed by atoms with Gasteiger partial charge in [0.05, 0.1) is 0 Å². The average Bonchev–Trinajstić information content (AvgIpc) is 2.61. The maximum absolute atomic E-state index is 11.9. The van der Waals surface area contributed by atoms with E-state index in [1.807, 2.05) is 13.8 Å². The van der Waals surface area contributed by atoms with E-state index in [1.165, 1.54) is 24.5 Å². The molecule has 0 unspecified atom stereocenters. The lowest BCUT2D eigenvalue weighted by Crippen LogP contribution is -2.38. The second-order valence-corrected chi connectivity index (χ2v) is 6.50. The molecule has 0 aliphatic heterocycles. The zero-order valence-electron chi connectivity index (χ0n) is 16.1. The van der Waals surface area contributed by atoms with Gasteiger partial charge in [0, 0.05) is 36.6 Å². The highest BCUT2D eigenvalue weighted by atomic mass is 16.2. The quantitative estimate of drug-likeness (QED) is 0.378. The van der Waals surface area contributed by atoms with Gasteiger partial charge < -0.3 is 10.6 Å². The second-order valence-electron chi connectivity index (χ2n) is 6.50. The van der Waals surface area contributed by atoms with Crippen LogP contribution in [0.5, 0.6) is 0 Å². The Morgan fingerprint density at radius 3 is 1.66 bits per heavy atom. The van der Waals surface area contributed by atoms with Gasteiger partial charge in [-0.2, -0.15) is 0 Å². The summed E-state index contributed by atoms with van der Waals surface area (Å²) in [7, 11) is 0. The number of carbonyl (C=O) groups is 2. The molecule has 2 aromatic heterocycles. The summed E-state index contributed by atoms with van der Waals surface area (Å²) in [6.07, 6.45) is 4.73. The van der Waals surface area contributed by atoms with Gasteiger partial charge in [-0.05, 0) is 33.1 Å². The van der Waals surface area contributed by atoms with Gasteiger partial charge in [-0.1, -0.05) is 0 Å². The maximum Gasteiger partial charge on any atom is 0.321 e. The monoisotopic (exact) mass is 404 g/mol.